The van der Waals surface area contributed by atoms with Crippen molar-refractivity contribution in [1.29, 1.82) is 0 Å². The molecule has 0 amide bonds. The van der Waals surface area contributed by atoms with E-state index in [0.29, 0.717) is 24.2 Å². The second-order valence-corrected chi connectivity index (χ2v) is 10.7. The molecule has 28 heavy (non-hydrogen) atoms. The van der Waals surface area contributed by atoms with Gasteiger partial charge in [-0.15, -0.1) is 0 Å². The normalized spacial score (nSPS) is 52.9. The zero-order valence-electron chi connectivity index (χ0n) is 17.7. The molecule has 5 heteroatoms. The average molecular weight is 393 g/mol. The van der Waals surface area contributed by atoms with E-state index < -0.39 is 17.1 Å². The highest BCUT2D eigenvalue weighted by Crippen LogP contribution is 2.68. The molecule has 0 radical (unpaired) electrons. The molecule has 5 nitrogen and oxygen atoms in total. The highest BCUT2D eigenvalue weighted by atomic mass is 16.5. The average Bonchev–Trinajstić information content (AvgIpc) is 2.83. The van der Waals surface area contributed by atoms with Gasteiger partial charge in [-0.25, -0.2) is 0 Å². The molecule has 4 rings (SSSR count). The van der Waals surface area contributed by atoms with Gasteiger partial charge in [-0.05, 0) is 87.4 Å². The van der Waals surface area contributed by atoms with E-state index in [1.54, 1.807) is 0 Å². The van der Waals surface area contributed by atoms with Crippen molar-refractivity contribution in [2.45, 2.75) is 96.9 Å². The van der Waals surface area contributed by atoms with Gasteiger partial charge in [-0.2, -0.15) is 0 Å². The summed E-state index contributed by atoms with van der Waals surface area (Å²) in [6.07, 6.45) is 6.58. The minimum Gasteiger partial charge on any atom is -0.463 e. The predicted octanol–water partition coefficient (Wildman–Crippen LogP) is 3.25. The number of ether oxygens (including phenoxy) is 1. The molecule has 0 aromatic rings. The quantitative estimate of drug-likeness (QED) is 0.705. The lowest BCUT2D eigenvalue weighted by atomic mass is 9.44. The number of Topliss-reactive ketones (excluding diaryl/α,β-unsaturated/α-hetero) is 1. The van der Waals surface area contributed by atoms with Crippen molar-refractivity contribution in [3.05, 3.63) is 0 Å². The maximum atomic E-state index is 12.4. The van der Waals surface area contributed by atoms with Crippen molar-refractivity contribution in [3.63, 3.8) is 0 Å². The fourth-order valence-corrected chi connectivity index (χ4v) is 8.22. The van der Waals surface area contributed by atoms with Gasteiger partial charge in [0, 0.05) is 12.3 Å². The number of hydrogen-bond donors (Lipinski definition) is 2. The third-order valence-corrected chi connectivity index (χ3v) is 9.71. The first-order valence-electron chi connectivity index (χ1n) is 11.1. The highest BCUT2D eigenvalue weighted by Gasteiger charge is 2.69. The summed E-state index contributed by atoms with van der Waals surface area (Å²) in [4.78, 5) is 23.8. The fraction of sp³-hybridized carbons (Fsp3) is 0.913. The number of esters is 1. The van der Waals surface area contributed by atoms with Crippen molar-refractivity contribution in [1.82, 2.24) is 0 Å². The van der Waals surface area contributed by atoms with Crippen molar-refractivity contribution < 1.29 is 24.5 Å². The molecule has 4 saturated carbocycles. The summed E-state index contributed by atoms with van der Waals surface area (Å²) in [5.41, 5.74) is -1.91. The molecular weight excluding hydrogens is 356 g/mol. The first-order chi connectivity index (χ1) is 13.0. The Balaban J connectivity index is 1.59. The second-order valence-electron chi connectivity index (χ2n) is 10.7. The molecule has 0 aromatic carbocycles. The van der Waals surface area contributed by atoms with Gasteiger partial charge >= 0.3 is 5.97 Å². The van der Waals surface area contributed by atoms with Gasteiger partial charge in [0.15, 0.2) is 11.4 Å². The van der Waals surface area contributed by atoms with Crippen molar-refractivity contribution in [3.8, 4) is 0 Å². The van der Waals surface area contributed by atoms with Crippen LogP contribution in [0.5, 0.6) is 0 Å². The van der Waals surface area contributed by atoms with E-state index in [1.165, 1.54) is 13.8 Å². The first-order valence-corrected chi connectivity index (χ1v) is 11.1. The Morgan fingerprint density at radius 2 is 1.68 bits per heavy atom. The van der Waals surface area contributed by atoms with Crippen LogP contribution < -0.4 is 0 Å². The van der Waals surface area contributed by atoms with E-state index in [0.717, 1.165) is 44.9 Å². The monoisotopic (exact) mass is 392 g/mol. The van der Waals surface area contributed by atoms with Crippen LogP contribution in [0.15, 0.2) is 0 Å². The van der Waals surface area contributed by atoms with Gasteiger partial charge in [-0.3, -0.25) is 9.59 Å². The third-order valence-electron chi connectivity index (χ3n) is 9.71. The molecule has 0 unspecified atom stereocenters. The molecule has 4 aliphatic rings. The Morgan fingerprint density at radius 1 is 0.964 bits per heavy atom. The van der Waals surface area contributed by atoms with Crippen LogP contribution in [0.2, 0.25) is 0 Å². The summed E-state index contributed by atoms with van der Waals surface area (Å²) in [5, 5.41) is 21.9. The molecular formula is C23H36O5. The lowest BCUT2D eigenvalue weighted by Gasteiger charge is -2.61. The standard InChI is InChI=1S/C23H36O5/c1-13(24)23(27)20(26)12-19-17-6-5-15-11-16(28-14(2)25)7-9-21(15,3)18(17)8-10-22(19,23)4/h15-20,26-27H,5-12H2,1-4H3/t15-,16-,17-,18+,19+,20-,21+,22+,23+/m1/s1. The smallest absolute Gasteiger partial charge is 0.302 e. The highest BCUT2D eigenvalue weighted by molar-refractivity contribution is 5.87. The van der Waals surface area contributed by atoms with Crippen molar-refractivity contribution >= 4 is 11.8 Å². The number of fused-ring (bicyclic) bond motifs is 5. The molecule has 0 heterocycles. The Labute approximate surface area is 168 Å². The molecule has 4 fully saturated rings. The number of aliphatic hydroxyl groups excluding tert-OH is 1. The lowest BCUT2D eigenvalue weighted by molar-refractivity contribution is -0.183. The molecule has 0 aliphatic heterocycles. The van der Waals surface area contributed by atoms with E-state index >= 15 is 0 Å². The SMILES string of the molecule is CC(=O)O[C@@H]1CC[C@@]2(C)[C@H](CC[C@@H]3[C@@H]2CC[C@@]2(C)[C@H]3C[C@@H](O)[C@@]2(O)C(C)=O)C1. The molecule has 4 aliphatic carbocycles. The summed E-state index contributed by atoms with van der Waals surface area (Å²) in [6, 6.07) is 0. The van der Waals surface area contributed by atoms with Gasteiger partial charge in [0.05, 0.1) is 6.10 Å². The molecule has 2 N–H and O–H groups in total. The largest absolute Gasteiger partial charge is 0.463 e. The van der Waals surface area contributed by atoms with Gasteiger partial charge < -0.3 is 14.9 Å². The molecule has 9 atom stereocenters. The van der Waals surface area contributed by atoms with E-state index in [2.05, 4.69) is 6.92 Å². The van der Waals surface area contributed by atoms with Crippen molar-refractivity contribution in [2.75, 3.05) is 0 Å². The minimum absolute atomic E-state index is 0.0529. The van der Waals surface area contributed by atoms with E-state index in [4.69, 9.17) is 4.74 Å². The Bertz CT molecular complexity index is 676. The van der Waals surface area contributed by atoms with Crippen LogP contribution in [-0.4, -0.2) is 39.8 Å². The van der Waals surface area contributed by atoms with E-state index in [1.807, 2.05) is 6.92 Å². The van der Waals surface area contributed by atoms with Crippen LogP contribution >= 0.6 is 0 Å². The van der Waals surface area contributed by atoms with E-state index in [9.17, 15) is 19.8 Å². The summed E-state index contributed by atoms with van der Waals surface area (Å²) in [6.45, 7) is 7.38. The Hall–Kier alpha value is -0.940. The van der Waals surface area contributed by atoms with Crippen LogP contribution in [0, 0.1) is 34.5 Å². The molecule has 0 aromatic heterocycles. The summed E-state index contributed by atoms with van der Waals surface area (Å²) >= 11 is 0. The fourth-order valence-electron chi connectivity index (χ4n) is 8.22. The summed E-state index contributed by atoms with van der Waals surface area (Å²) in [7, 11) is 0. The number of ketones is 1. The predicted molar refractivity (Wildman–Crippen MR) is 104 cm³/mol. The van der Waals surface area contributed by atoms with Crippen LogP contribution in [0.1, 0.15) is 79.1 Å². The van der Waals surface area contributed by atoms with Gasteiger partial charge in [0.2, 0.25) is 0 Å². The van der Waals surface area contributed by atoms with Crippen LogP contribution in [0.25, 0.3) is 0 Å². The topological polar surface area (TPSA) is 83.8 Å². The minimum atomic E-state index is -1.60. The first kappa shape index (κ1) is 20.3. The molecule has 0 spiro atoms. The molecule has 158 valence electrons. The lowest BCUT2D eigenvalue weighted by Crippen LogP contribution is -2.60. The number of hydrogen-bond acceptors (Lipinski definition) is 5. The zero-order valence-corrected chi connectivity index (χ0v) is 17.7. The zero-order chi connectivity index (χ0) is 20.5. The number of aliphatic hydroxyl groups is 2. The Morgan fingerprint density at radius 3 is 2.32 bits per heavy atom. The van der Waals surface area contributed by atoms with Gasteiger partial charge in [0.1, 0.15) is 6.10 Å². The van der Waals surface area contributed by atoms with Crippen molar-refractivity contribution in [2.24, 2.45) is 34.5 Å². The second kappa shape index (κ2) is 6.53. The van der Waals surface area contributed by atoms with Crippen LogP contribution in [-0.2, 0) is 14.3 Å². The van der Waals surface area contributed by atoms with Gasteiger partial charge in [-0.1, -0.05) is 13.8 Å². The molecule has 0 bridgehead atoms. The van der Waals surface area contributed by atoms with Crippen LogP contribution in [0.3, 0.4) is 0 Å². The Kier molecular flexibility index (Phi) is 4.74. The number of rotatable bonds is 2. The van der Waals surface area contributed by atoms with Gasteiger partial charge in [0.25, 0.3) is 0 Å². The molecule has 0 saturated heterocycles. The number of carbonyl (C=O) groups excluding carboxylic acids is 2. The van der Waals surface area contributed by atoms with E-state index in [-0.39, 0.29) is 29.2 Å². The van der Waals surface area contributed by atoms with Crippen LogP contribution in [0.4, 0.5) is 0 Å². The third kappa shape index (κ3) is 2.57. The summed E-state index contributed by atoms with van der Waals surface area (Å²) in [5.74, 6) is 1.30. The maximum Gasteiger partial charge on any atom is 0.302 e. The summed E-state index contributed by atoms with van der Waals surface area (Å²) < 4.78 is 5.53. The maximum absolute atomic E-state index is 12.4. The number of carbonyl (C=O) groups is 2.